The molecule has 362 valence electrons. The number of thiazole rings is 1. The van der Waals surface area contributed by atoms with Crippen LogP contribution < -0.4 is 42.0 Å². The summed E-state index contributed by atoms with van der Waals surface area (Å²) in [5.74, 6) is -3.17. The fourth-order valence-electron chi connectivity index (χ4n) is 7.49. The van der Waals surface area contributed by atoms with Crippen molar-refractivity contribution in [1.29, 1.82) is 0 Å². The van der Waals surface area contributed by atoms with E-state index in [9.17, 15) is 38.7 Å². The van der Waals surface area contributed by atoms with Crippen molar-refractivity contribution in [2.75, 3.05) is 38.4 Å². The number of para-hydroxylation sites is 1. The Labute approximate surface area is 402 Å². The van der Waals surface area contributed by atoms with Gasteiger partial charge in [-0.1, -0.05) is 51.1 Å². The lowest BCUT2D eigenvalue weighted by Crippen LogP contribution is -2.57. The molecule has 1 aliphatic rings. The number of nitrogens with zero attached hydrogens (tertiary/aromatic N) is 4. The molecule has 0 aliphatic carbocycles. The van der Waals surface area contributed by atoms with Crippen LogP contribution in [0.2, 0.25) is 0 Å². The molecule has 20 nitrogen and oxygen atoms in total. The van der Waals surface area contributed by atoms with Crippen molar-refractivity contribution in [2.24, 2.45) is 5.41 Å². The summed E-state index contributed by atoms with van der Waals surface area (Å²) >= 11 is 1.54. The van der Waals surface area contributed by atoms with Gasteiger partial charge in [0.1, 0.15) is 23.7 Å². The molecular formula is C48H55N11O9S. The third-order valence-electron chi connectivity index (χ3n) is 11.2. The van der Waals surface area contributed by atoms with Crippen LogP contribution in [-0.4, -0.2) is 112 Å². The molecule has 0 bridgehead atoms. The van der Waals surface area contributed by atoms with E-state index in [4.69, 9.17) is 4.74 Å². The number of aromatic nitrogens is 3. The fraction of sp³-hybridized carbons (Fsp3) is 0.333. The Bertz CT molecular complexity index is 2720. The number of imide groups is 1. The minimum absolute atomic E-state index is 0.0221. The normalized spacial score (nSPS) is 14.8. The standard InChI is InChI=1S/C48H55N11O9S/c1-26-41(69-25-54-26)28-13-11-27(12-14-28)21-53-46(66)35-19-30(60)24-59(35)47(67)42(48(2,3)4)57-38(61)17-18-39(62)58-43(63)29-15-16-36(51-22-29)56-37-20-34(32(23-52-37)45(65)50-6)55-33-10-8-9-31(40(33)68-7)44(64)49-5/h8-16,20,22-23,25,30,35,42,60H,17-19,21,24H2,1-7H3,(H,49,64)(H,50,65)(H,53,66)(H,57,61)(H,58,62,63)(H2,51,52,55,56)/t30-,35+,42-/m1/s1. The Kier molecular flexibility index (Phi) is 16.4. The first-order valence-electron chi connectivity index (χ1n) is 21.9. The lowest BCUT2D eigenvalue weighted by atomic mass is 9.85. The monoisotopic (exact) mass is 961 g/mol. The van der Waals surface area contributed by atoms with Gasteiger partial charge in [-0.05, 0) is 47.7 Å². The molecule has 69 heavy (non-hydrogen) atoms. The third-order valence-corrected chi connectivity index (χ3v) is 12.1. The first-order chi connectivity index (χ1) is 32.9. The molecule has 0 radical (unpaired) electrons. The number of ether oxygens (including phenoxy) is 1. The summed E-state index contributed by atoms with van der Waals surface area (Å²) in [7, 11) is 4.39. The maximum atomic E-state index is 14.0. The number of amides is 7. The molecule has 1 saturated heterocycles. The van der Waals surface area contributed by atoms with Gasteiger partial charge >= 0.3 is 0 Å². The Morgan fingerprint density at radius 2 is 1.52 bits per heavy atom. The van der Waals surface area contributed by atoms with E-state index in [-0.39, 0.29) is 72.3 Å². The van der Waals surface area contributed by atoms with Gasteiger partial charge in [-0.2, -0.15) is 0 Å². The highest BCUT2D eigenvalue weighted by atomic mass is 32.1. The van der Waals surface area contributed by atoms with Crippen LogP contribution in [0.4, 0.5) is 23.0 Å². The number of aryl methyl sites for hydroxylation is 1. The number of hydrogen-bond donors (Lipinski definition) is 8. The molecule has 8 N–H and O–H groups in total. The number of β-amino-alcohol motifs (C(OH)–C–C–N with tert-alkyl or cyclic N) is 1. The van der Waals surface area contributed by atoms with Gasteiger partial charge in [-0.15, -0.1) is 11.3 Å². The number of methoxy groups -OCH3 is 1. The minimum Gasteiger partial charge on any atom is -0.494 e. The molecule has 0 saturated carbocycles. The van der Waals surface area contributed by atoms with E-state index in [0.717, 1.165) is 21.7 Å². The van der Waals surface area contributed by atoms with Crippen LogP contribution >= 0.6 is 11.3 Å². The van der Waals surface area contributed by atoms with Gasteiger partial charge in [-0.3, -0.25) is 38.9 Å². The zero-order valence-electron chi connectivity index (χ0n) is 39.2. The van der Waals surface area contributed by atoms with Gasteiger partial charge < -0.3 is 46.6 Å². The Hall–Kier alpha value is -7.78. The number of benzene rings is 2. The van der Waals surface area contributed by atoms with Crippen LogP contribution in [-0.2, 0) is 25.7 Å². The number of carbonyl (C=O) groups is 7. The number of carbonyl (C=O) groups excluding carboxylic acids is 7. The van der Waals surface area contributed by atoms with Crippen molar-refractivity contribution in [3.63, 3.8) is 0 Å². The highest BCUT2D eigenvalue weighted by Gasteiger charge is 2.44. The molecule has 6 rings (SSSR count). The van der Waals surface area contributed by atoms with Crippen molar-refractivity contribution in [3.8, 4) is 16.2 Å². The molecule has 1 aliphatic heterocycles. The number of nitrogens with one attached hydrogen (secondary N) is 7. The minimum atomic E-state index is -1.11. The molecule has 3 atom stereocenters. The number of likely N-dealkylation sites (tertiary alicyclic amines) is 1. The van der Waals surface area contributed by atoms with E-state index in [0.29, 0.717) is 11.4 Å². The van der Waals surface area contributed by atoms with Crippen LogP contribution in [0.1, 0.15) is 82.4 Å². The van der Waals surface area contributed by atoms with E-state index in [1.807, 2.05) is 31.2 Å². The first-order valence-corrected chi connectivity index (χ1v) is 22.8. The highest BCUT2D eigenvalue weighted by Crippen LogP contribution is 2.34. The molecule has 5 aromatic rings. The van der Waals surface area contributed by atoms with Gasteiger partial charge in [0, 0.05) is 64.9 Å². The number of pyridine rings is 2. The third kappa shape index (κ3) is 12.6. The summed E-state index contributed by atoms with van der Waals surface area (Å²) < 4.78 is 5.52. The Balaban J connectivity index is 1.02. The quantitative estimate of drug-likeness (QED) is 0.0656. The van der Waals surface area contributed by atoms with Crippen LogP contribution in [0.25, 0.3) is 10.4 Å². The van der Waals surface area contributed by atoms with Crippen molar-refractivity contribution >= 4 is 75.7 Å². The van der Waals surface area contributed by atoms with Gasteiger partial charge in [0.2, 0.25) is 23.6 Å². The maximum absolute atomic E-state index is 14.0. The average Bonchev–Trinajstić information content (AvgIpc) is 3.96. The lowest BCUT2D eigenvalue weighted by molar-refractivity contribution is -0.144. The van der Waals surface area contributed by atoms with Crippen molar-refractivity contribution < 1.29 is 43.4 Å². The van der Waals surface area contributed by atoms with Crippen molar-refractivity contribution in [2.45, 2.75) is 71.7 Å². The van der Waals surface area contributed by atoms with E-state index in [2.05, 4.69) is 52.2 Å². The molecule has 21 heteroatoms. The zero-order valence-corrected chi connectivity index (χ0v) is 40.0. The lowest BCUT2D eigenvalue weighted by Gasteiger charge is -2.35. The molecule has 3 aromatic heterocycles. The molecule has 7 amide bonds. The van der Waals surface area contributed by atoms with Crippen LogP contribution in [0, 0.1) is 12.3 Å². The van der Waals surface area contributed by atoms with Gasteiger partial charge in [0.25, 0.3) is 17.7 Å². The molecule has 2 aromatic carbocycles. The second-order valence-electron chi connectivity index (χ2n) is 17.2. The topological polar surface area (TPSA) is 275 Å². The van der Waals surface area contributed by atoms with Crippen LogP contribution in [0.3, 0.4) is 0 Å². The summed E-state index contributed by atoms with van der Waals surface area (Å²) in [5.41, 5.74) is 4.97. The summed E-state index contributed by atoms with van der Waals surface area (Å²) in [6.07, 6.45) is 0.903. The van der Waals surface area contributed by atoms with Crippen molar-refractivity contribution in [3.05, 3.63) is 107 Å². The van der Waals surface area contributed by atoms with Gasteiger partial charge in [-0.25, -0.2) is 15.0 Å². The predicted octanol–water partition coefficient (Wildman–Crippen LogP) is 3.97. The van der Waals surface area contributed by atoms with Crippen LogP contribution in [0.5, 0.6) is 5.75 Å². The zero-order chi connectivity index (χ0) is 50.0. The predicted molar refractivity (Wildman–Crippen MR) is 258 cm³/mol. The Morgan fingerprint density at radius 3 is 2.16 bits per heavy atom. The molecule has 0 spiro atoms. The summed E-state index contributed by atoms with van der Waals surface area (Å²) in [4.78, 5) is 107. The van der Waals surface area contributed by atoms with E-state index in [1.54, 1.807) is 61.9 Å². The number of anilines is 4. The smallest absolute Gasteiger partial charge is 0.259 e. The number of aliphatic hydroxyl groups is 1. The van der Waals surface area contributed by atoms with E-state index in [1.165, 1.54) is 50.6 Å². The van der Waals surface area contributed by atoms with Crippen LogP contribution in [0.15, 0.2) is 78.6 Å². The number of hydrogen-bond acceptors (Lipinski definition) is 15. The van der Waals surface area contributed by atoms with Crippen molar-refractivity contribution in [1.82, 2.24) is 46.4 Å². The molecule has 1 fully saturated rings. The van der Waals surface area contributed by atoms with Gasteiger partial charge in [0.05, 0.1) is 57.4 Å². The van der Waals surface area contributed by atoms with E-state index >= 15 is 0 Å². The molecule has 4 heterocycles. The SMILES string of the molecule is CNC(=O)c1cnc(Nc2ccc(C(=O)NC(=O)CCC(=O)N[C@H](C(=O)N3C[C@H](O)C[C@H]3C(=O)NCc3ccc(-c4scnc4C)cc3)C(C)(C)C)cn2)cc1Nc1cccc(C(=O)NC)c1OC. The number of aliphatic hydroxyl groups excluding tert-OH is 1. The second-order valence-corrected chi connectivity index (χ2v) is 18.0. The summed E-state index contributed by atoms with van der Waals surface area (Å²) in [5, 5.41) is 29.7. The largest absolute Gasteiger partial charge is 0.494 e. The Morgan fingerprint density at radius 1 is 0.826 bits per heavy atom. The maximum Gasteiger partial charge on any atom is 0.259 e. The summed E-state index contributed by atoms with van der Waals surface area (Å²) in [6, 6.07) is 15.0. The molecule has 0 unspecified atom stereocenters. The first kappa shape index (κ1) is 50.6. The van der Waals surface area contributed by atoms with Gasteiger partial charge in [0.15, 0.2) is 5.75 Å². The molecular weight excluding hydrogens is 907 g/mol. The summed E-state index contributed by atoms with van der Waals surface area (Å²) in [6.45, 7) is 7.28. The fourth-order valence-corrected chi connectivity index (χ4v) is 8.30. The average molecular weight is 962 g/mol. The van der Waals surface area contributed by atoms with E-state index < -0.39 is 59.0 Å². The highest BCUT2D eigenvalue weighted by molar-refractivity contribution is 7.13. The number of rotatable bonds is 17. The second kappa shape index (κ2) is 22.3.